The van der Waals surface area contributed by atoms with Gasteiger partial charge in [0.15, 0.2) is 11.4 Å². The van der Waals surface area contributed by atoms with Gasteiger partial charge in [0, 0.05) is 43.4 Å². The number of ketones is 2. The quantitative estimate of drug-likeness (QED) is 0.143. The van der Waals surface area contributed by atoms with E-state index in [1.54, 1.807) is 45.2 Å². The molecule has 0 bridgehead atoms. The Morgan fingerprint density at radius 3 is 2.45 bits per heavy atom. The summed E-state index contributed by atoms with van der Waals surface area (Å²) in [6.07, 6.45) is 1.46. The largest absolute Gasteiger partial charge is 0.508 e. The van der Waals surface area contributed by atoms with Crippen molar-refractivity contribution in [2.24, 2.45) is 17.6 Å². The number of nitrogens with two attached hydrogens (primary N) is 1. The van der Waals surface area contributed by atoms with Crippen molar-refractivity contribution in [1.29, 1.82) is 0 Å². The summed E-state index contributed by atoms with van der Waals surface area (Å²) in [4.78, 5) is 54.7. The van der Waals surface area contributed by atoms with Crippen LogP contribution in [-0.4, -0.2) is 95.3 Å². The van der Waals surface area contributed by atoms with Crippen molar-refractivity contribution in [3.8, 4) is 5.75 Å². The molecule has 0 saturated heterocycles. The molecule has 0 aliphatic heterocycles. The molecule has 226 valence electrons. The predicted molar refractivity (Wildman–Crippen MR) is 152 cm³/mol. The molecule has 2 amide bonds. The van der Waals surface area contributed by atoms with E-state index in [9.17, 15) is 39.6 Å². The van der Waals surface area contributed by atoms with Crippen molar-refractivity contribution < 1.29 is 44.3 Å². The minimum absolute atomic E-state index is 0.0146. The van der Waals surface area contributed by atoms with Crippen LogP contribution in [0.3, 0.4) is 0 Å². The average molecular weight is 585 g/mol. The van der Waals surface area contributed by atoms with Crippen molar-refractivity contribution in [3.63, 3.8) is 0 Å². The molecule has 1 aromatic carbocycles. The molecule has 1 fully saturated rings. The third-order valence-corrected chi connectivity index (χ3v) is 8.24. The minimum Gasteiger partial charge on any atom is -0.508 e. The summed E-state index contributed by atoms with van der Waals surface area (Å²) < 4.78 is 5.04. The third-order valence-electron chi connectivity index (χ3n) is 8.24. The Labute approximate surface area is 242 Å². The molecule has 3 aliphatic carbocycles. The van der Waals surface area contributed by atoms with Crippen LogP contribution in [0.5, 0.6) is 5.75 Å². The average Bonchev–Trinajstić information content (AvgIpc) is 2.89. The number of aliphatic hydroxyl groups excluding tert-OH is 2. The van der Waals surface area contributed by atoms with Crippen LogP contribution in [0, 0.1) is 11.8 Å². The maximum absolute atomic E-state index is 14.0. The number of phenols is 1. The fraction of sp³-hybridized carbons (Fsp3) is 0.448. The lowest BCUT2D eigenvalue weighted by molar-refractivity contribution is -0.153. The van der Waals surface area contributed by atoms with E-state index in [2.05, 4.69) is 11.9 Å². The number of carbonyl (C=O) groups excluding carboxylic acids is 4. The van der Waals surface area contributed by atoms with Crippen molar-refractivity contribution in [3.05, 3.63) is 52.3 Å². The number of benzene rings is 1. The first-order valence-electron chi connectivity index (χ1n) is 13.4. The summed E-state index contributed by atoms with van der Waals surface area (Å²) in [5.41, 5.74) is 2.79. The molecule has 4 atom stereocenters. The normalized spacial score (nSPS) is 25.0. The molecule has 0 spiro atoms. The zero-order valence-corrected chi connectivity index (χ0v) is 23.9. The van der Waals surface area contributed by atoms with Crippen LogP contribution in [0.25, 0.3) is 5.76 Å². The van der Waals surface area contributed by atoms with Crippen LogP contribution in [-0.2, 0) is 32.1 Å². The summed E-state index contributed by atoms with van der Waals surface area (Å²) >= 11 is 0. The van der Waals surface area contributed by atoms with Gasteiger partial charge in [0.1, 0.15) is 22.8 Å². The number of amides is 2. The number of rotatable bonds is 8. The molecule has 4 rings (SSSR count). The number of likely N-dealkylation sites (N-methyl/N-ethyl adjacent to an activating group) is 1. The van der Waals surface area contributed by atoms with Gasteiger partial charge in [0.25, 0.3) is 5.91 Å². The Hall–Kier alpha value is -4.36. The zero-order valence-electron chi connectivity index (χ0n) is 23.9. The third kappa shape index (κ3) is 4.68. The van der Waals surface area contributed by atoms with E-state index in [4.69, 9.17) is 10.5 Å². The fourth-order valence-electron chi connectivity index (χ4n) is 6.33. The summed E-state index contributed by atoms with van der Waals surface area (Å²) in [7, 11) is 6.59. The number of aliphatic hydroxyl groups is 3. The van der Waals surface area contributed by atoms with Crippen molar-refractivity contribution >= 4 is 35.0 Å². The molecule has 13 heteroatoms. The number of fused-ring (bicyclic) bond motifs is 3. The van der Waals surface area contributed by atoms with Crippen LogP contribution in [0.1, 0.15) is 29.5 Å². The maximum atomic E-state index is 14.0. The van der Waals surface area contributed by atoms with Crippen LogP contribution in [0.2, 0.25) is 0 Å². The van der Waals surface area contributed by atoms with Gasteiger partial charge in [0.2, 0.25) is 5.78 Å². The molecule has 0 radical (unpaired) electrons. The van der Waals surface area contributed by atoms with E-state index >= 15 is 0 Å². The number of alkyl carbamates (subject to hydrolysis) is 1. The summed E-state index contributed by atoms with van der Waals surface area (Å²) in [5.74, 6) is -7.22. The molecule has 42 heavy (non-hydrogen) atoms. The SMILES string of the molecule is C=CCCOC(=O)NCc1cc(N(C)C)c2c(c1O)C(O)=C1C(=O)[C@]3(O)C(O)=C(C(N)=O)C(=O)C(N(C)C)C3CC1C2. The number of carbonyl (C=O) groups is 4. The molecule has 3 unspecified atom stereocenters. The number of nitrogens with one attached hydrogen (secondary N) is 1. The molecular weight excluding hydrogens is 548 g/mol. The molecule has 0 heterocycles. The van der Waals surface area contributed by atoms with Gasteiger partial charge in [-0.3, -0.25) is 19.3 Å². The van der Waals surface area contributed by atoms with Gasteiger partial charge in [-0.2, -0.15) is 0 Å². The number of nitrogens with zero attached hydrogens (tertiary/aromatic N) is 2. The van der Waals surface area contributed by atoms with Crippen LogP contribution in [0.4, 0.5) is 10.5 Å². The smallest absolute Gasteiger partial charge is 0.407 e. The van der Waals surface area contributed by atoms with Crippen molar-refractivity contribution in [2.75, 3.05) is 39.7 Å². The van der Waals surface area contributed by atoms with E-state index in [1.807, 2.05) is 0 Å². The summed E-state index contributed by atoms with van der Waals surface area (Å²) in [6.45, 7) is 3.51. The number of ether oxygens (including phenoxy) is 1. The van der Waals surface area contributed by atoms with Gasteiger partial charge < -0.3 is 41.1 Å². The highest BCUT2D eigenvalue weighted by Crippen LogP contribution is 2.54. The van der Waals surface area contributed by atoms with E-state index in [-0.39, 0.29) is 42.7 Å². The minimum atomic E-state index is -2.72. The topological polar surface area (TPSA) is 203 Å². The first-order chi connectivity index (χ1) is 19.7. The van der Waals surface area contributed by atoms with Gasteiger partial charge in [-0.05, 0) is 50.9 Å². The fourth-order valence-corrected chi connectivity index (χ4v) is 6.33. The molecule has 1 aromatic rings. The molecule has 0 aromatic heterocycles. The van der Waals surface area contributed by atoms with Crippen LogP contribution in [0.15, 0.2) is 35.6 Å². The Kier molecular flexibility index (Phi) is 8.11. The van der Waals surface area contributed by atoms with Crippen molar-refractivity contribution in [1.82, 2.24) is 10.2 Å². The number of hydrogen-bond acceptors (Lipinski definition) is 11. The van der Waals surface area contributed by atoms with E-state index in [0.717, 1.165) is 0 Å². The highest BCUT2D eigenvalue weighted by molar-refractivity contribution is 6.24. The monoisotopic (exact) mass is 584 g/mol. The number of hydrogen-bond donors (Lipinski definition) is 6. The second-order valence-electron chi connectivity index (χ2n) is 11.2. The Morgan fingerprint density at radius 1 is 1.21 bits per heavy atom. The van der Waals surface area contributed by atoms with Gasteiger partial charge in [-0.1, -0.05) is 6.08 Å². The van der Waals surface area contributed by atoms with Gasteiger partial charge in [-0.25, -0.2) is 4.79 Å². The lowest BCUT2D eigenvalue weighted by Crippen LogP contribution is -2.65. The van der Waals surface area contributed by atoms with Gasteiger partial charge >= 0.3 is 6.09 Å². The number of primary amides is 1. The maximum Gasteiger partial charge on any atom is 0.407 e. The second kappa shape index (κ2) is 11.1. The highest BCUT2D eigenvalue weighted by atomic mass is 16.5. The zero-order chi connectivity index (χ0) is 31.3. The lowest BCUT2D eigenvalue weighted by atomic mass is 9.57. The Morgan fingerprint density at radius 2 is 1.88 bits per heavy atom. The molecule has 13 nitrogen and oxygen atoms in total. The first-order valence-corrected chi connectivity index (χ1v) is 13.4. The molecule has 3 aliphatic rings. The van der Waals surface area contributed by atoms with Crippen LogP contribution >= 0.6 is 0 Å². The van der Waals surface area contributed by atoms with Crippen molar-refractivity contribution in [2.45, 2.75) is 37.5 Å². The Balaban J connectivity index is 1.85. The van der Waals surface area contributed by atoms with Crippen LogP contribution < -0.4 is 16.0 Å². The Bertz CT molecular complexity index is 1440. The second-order valence-corrected chi connectivity index (χ2v) is 11.2. The molecular formula is C29H36N4O9. The number of aromatic hydroxyl groups is 1. The van der Waals surface area contributed by atoms with Gasteiger partial charge in [-0.15, -0.1) is 6.58 Å². The van der Waals surface area contributed by atoms with E-state index < -0.39 is 69.9 Å². The first kappa shape index (κ1) is 30.6. The molecule has 1 saturated carbocycles. The summed E-state index contributed by atoms with van der Waals surface area (Å²) in [5, 5.41) is 48.1. The standard InChI is InChI=1S/C29H36N4O9/c1-6-7-8-42-28(40)31-12-14-11-17(32(2)3)15-9-13-10-16-21(33(4)5)24(36)20(27(30)39)26(38)29(16,41)25(37)18(13)23(35)19(15)22(14)34/h6,11,13,16,21,34-35,38,41H,1,7-10,12H2,2-5H3,(H2,30,39)(H,31,40)/t13?,16?,21?,29-/m0/s1. The summed E-state index contributed by atoms with van der Waals surface area (Å²) in [6, 6.07) is 0.488. The highest BCUT2D eigenvalue weighted by Gasteiger charge is 2.64. The van der Waals surface area contributed by atoms with E-state index in [1.165, 1.54) is 4.90 Å². The molecule has 7 N–H and O–H groups in total. The van der Waals surface area contributed by atoms with E-state index in [0.29, 0.717) is 17.7 Å². The van der Waals surface area contributed by atoms with Gasteiger partial charge in [0.05, 0.1) is 18.2 Å². The number of phenolic OH excluding ortho intramolecular Hbond substituents is 1. The number of anilines is 1. The number of Topliss-reactive ketones (excluding diaryl/α,β-unsaturated/α-hetero) is 2. The lowest BCUT2D eigenvalue weighted by Gasteiger charge is -2.50. The predicted octanol–water partition coefficient (Wildman–Crippen LogP) is 0.832.